The summed E-state index contributed by atoms with van der Waals surface area (Å²) in [4.78, 5) is 36.6. The van der Waals surface area contributed by atoms with Crippen molar-refractivity contribution in [3.63, 3.8) is 0 Å². The molecule has 0 heterocycles. The van der Waals surface area contributed by atoms with Gasteiger partial charge in [0.15, 0.2) is 6.61 Å². The molecule has 0 saturated heterocycles. The summed E-state index contributed by atoms with van der Waals surface area (Å²) in [6, 6.07) is 23.7. The predicted octanol–water partition coefficient (Wildman–Crippen LogP) is 3.46. The highest BCUT2D eigenvalue weighted by atomic mass is 16.5. The van der Waals surface area contributed by atoms with Crippen molar-refractivity contribution < 1.29 is 19.1 Å². The van der Waals surface area contributed by atoms with Crippen LogP contribution in [0, 0.1) is 0 Å². The molecule has 0 fully saturated rings. The number of carbonyl (C=O) groups excluding carboxylic acids is 3. The van der Waals surface area contributed by atoms with Crippen molar-refractivity contribution >= 4 is 29.1 Å². The molecule has 3 N–H and O–H groups in total. The van der Waals surface area contributed by atoms with Crippen molar-refractivity contribution in [2.24, 2.45) is 0 Å². The van der Waals surface area contributed by atoms with E-state index in [9.17, 15) is 14.4 Å². The molecular weight excluding hydrogens is 394 g/mol. The lowest BCUT2D eigenvalue weighted by Gasteiger charge is -2.15. The summed E-state index contributed by atoms with van der Waals surface area (Å²) in [5.74, 6) is -0.562. The van der Waals surface area contributed by atoms with Crippen molar-refractivity contribution in [2.75, 3.05) is 17.2 Å². The second-order valence-electron chi connectivity index (χ2n) is 6.78. The highest BCUT2D eigenvalue weighted by molar-refractivity contribution is 6.01. The van der Waals surface area contributed by atoms with E-state index in [-0.39, 0.29) is 24.3 Å². The zero-order chi connectivity index (χ0) is 22.1. The maximum atomic E-state index is 12.4. The van der Waals surface area contributed by atoms with E-state index in [2.05, 4.69) is 16.0 Å². The molecule has 3 amide bonds. The third-order valence-electron chi connectivity index (χ3n) is 4.31. The average molecular weight is 417 g/mol. The van der Waals surface area contributed by atoms with Gasteiger partial charge in [0.05, 0.1) is 0 Å². The highest BCUT2D eigenvalue weighted by Crippen LogP contribution is 2.18. The number of nitrogens with one attached hydrogen (secondary N) is 3. The van der Waals surface area contributed by atoms with Crippen LogP contribution >= 0.6 is 0 Å². The SMILES string of the molecule is CC(NC(=O)c1ccccc1)C(=O)Nc1cccc(OCC(=O)Nc2ccccc2)c1. The quantitative estimate of drug-likeness (QED) is 0.523. The van der Waals surface area contributed by atoms with Gasteiger partial charge in [0.1, 0.15) is 11.8 Å². The van der Waals surface area contributed by atoms with Gasteiger partial charge < -0.3 is 20.7 Å². The Kier molecular flexibility index (Phi) is 7.37. The van der Waals surface area contributed by atoms with Crippen molar-refractivity contribution in [1.82, 2.24) is 5.32 Å². The van der Waals surface area contributed by atoms with Gasteiger partial charge in [-0.2, -0.15) is 0 Å². The lowest BCUT2D eigenvalue weighted by atomic mass is 10.2. The zero-order valence-electron chi connectivity index (χ0n) is 17.0. The second kappa shape index (κ2) is 10.6. The monoisotopic (exact) mass is 417 g/mol. The first-order valence-corrected chi connectivity index (χ1v) is 9.76. The molecule has 31 heavy (non-hydrogen) atoms. The molecule has 0 aliphatic heterocycles. The number of amides is 3. The van der Waals surface area contributed by atoms with Gasteiger partial charge >= 0.3 is 0 Å². The van der Waals surface area contributed by atoms with E-state index < -0.39 is 6.04 Å². The van der Waals surface area contributed by atoms with Crippen molar-refractivity contribution in [1.29, 1.82) is 0 Å². The molecule has 0 aromatic heterocycles. The summed E-state index contributed by atoms with van der Waals surface area (Å²) in [5.41, 5.74) is 1.65. The molecule has 3 aromatic rings. The van der Waals surface area contributed by atoms with E-state index in [0.717, 1.165) is 0 Å². The Balaban J connectivity index is 1.50. The Labute approximate surface area is 180 Å². The molecule has 0 spiro atoms. The summed E-state index contributed by atoms with van der Waals surface area (Å²) in [5, 5.41) is 8.12. The lowest BCUT2D eigenvalue weighted by molar-refractivity contribution is -0.118. The molecule has 0 bridgehead atoms. The fraction of sp³-hybridized carbons (Fsp3) is 0.125. The Morgan fingerprint density at radius 2 is 1.45 bits per heavy atom. The number of para-hydroxylation sites is 1. The lowest BCUT2D eigenvalue weighted by Crippen LogP contribution is -2.41. The minimum absolute atomic E-state index is 0.171. The molecule has 7 nitrogen and oxygen atoms in total. The smallest absolute Gasteiger partial charge is 0.262 e. The third kappa shape index (κ3) is 6.71. The number of hydrogen-bond acceptors (Lipinski definition) is 4. The number of benzene rings is 3. The van der Waals surface area contributed by atoms with Crippen LogP contribution < -0.4 is 20.7 Å². The van der Waals surface area contributed by atoms with Crippen molar-refractivity contribution in [3.8, 4) is 5.75 Å². The Bertz CT molecular complexity index is 1040. The molecule has 0 saturated carbocycles. The van der Waals surface area contributed by atoms with Crippen LogP contribution in [0.15, 0.2) is 84.9 Å². The van der Waals surface area contributed by atoms with Gasteiger partial charge in [0.25, 0.3) is 11.8 Å². The molecule has 0 aliphatic rings. The fourth-order valence-electron chi connectivity index (χ4n) is 2.72. The largest absolute Gasteiger partial charge is 0.484 e. The second-order valence-corrected chi connectivity index (χ2v) is 6.78. The summed E-state index contributed by atoms with van der Waals surface area (Å²) < 4.78 is 5.51. The van der Waals surface area contributed by atoms with Gasteiger partial charge in [-0.05, 0) is 43.3 Å². The molecule has 158 valence electrons. The maximum absolute atomic E-state index is 12.4. The Morgan fingerprint density at radius 3 is 2.16 bits per heavy atom. The molecule has 0 aliphatic carbocycles. The van der Waals surface area contributed by atoms with Gasteiger partial charge in [-0.1, -0.05) is 42.5 Å². The normalized spacial score (nSPS) is 11.1. The molecule has 3 rings (SSSR count). The van der Waals surface area contributed by atoms with E-state index in [0.29, 0.717) is 22.7 Å². The van der Waals surface area contributed by atoms with Gasteiger partial charge in [-0.15, -0.1) is 0 Å². The van der Waals surface area contributed by atoms with Crippen LogP contribution in [0.4, 0.5) is 11.4 Å². The minimum Gasteiger partial charge on any atom is -0.484 e. The van der Waals surface area contributed by atoms with Gasteiger partial charge in [0, 0.05) is 23.0 Å². The molecule has 0 radical (unpaired) electrons. The van der Waals surface area contributed by atoms with Gasteiger partial charge in [-0.3, -0.25) is 14.4 Å². The average Bonchev–Trinajstić information content (AvgIpc) is 2.79. The van der Waals surface area contributed by atoms with Crippen LogP contribution in [-0.4, -0.2) is 30.4 Å². The fourth-order valence-corrected chi connectivity index (χ4v) is 2.72. The van der Waals surface area contributed by atoms with E-state index in [4.69, 9.17) is 4.74 Å². The summed E-state index contributed by atoms with van der Waals surface area (Å²) in [6.45, 7) is 1.43. The van der Waals surface area contributed by atoms with Crippen LogP contribution in [-0.2, 0) is 9.59 Å². The third-order valence-corrected chi connectivity index (χ3v) is 4.31. The Morgan fingerprint density at radius 1 is 0.806 bits per heavy atom. The summed E-state index contributed by atoms with van der Waals surface area (Å²) >= 11 is 0. The van der Waals surface area contributed by atoms with E-state index >= 15 is 0 Å². The van der Waals surface area contributed by atoms with E-state index in [1.165, 1.54) is 0 Å². The first kappa shape index (κ1) is 21.6. The molecular formula is C24H23N3O4. The minimum atomic E-state index is -0.742. The van der Waals surface area contributed by atoms with Crippen LogP contribution in [0.5, 0.6) is 5.75 Å². The molecule has 7 heteroatoms. The number of carbonyl (C=O) groups is 3. The standard InChI is InChI=1S/C24H23N3O4/c1-17(25-24(30)18-9-4-2-5-10-18)23(29)27-20-13-8-14-21(15-20)31-16-22(28)26-19-11-6-3-7-12-19/h2-15,17H,16H2,1H3,(H,25,30)(H,26,28)(H,27,29). The van der Waals surface area contributed by atoms with Crippen LogP contribution in [0.25, 0.3) is 0 Å². The number of ether oxygens (including phenoxy) is 1. The summed E-state index contributed by atoms with van der Waals surface area (Å²) in [7, 11) is 0. The molecule has 3 aromatic carbocycles. The zero-order valence-corrected chi connectivity index (χ0v) is 17.0. The van der Waals surface area contributed by atoms with Gasteiger partial charge in [-0.25, -0.2) is 0 Å². The summed E-state index contributed by atoms with van der Waals surface area (Å²) in [6.07, 6.45) is 0. The topological polar surface area (TPSA) is 96.5 Å². The number of anilines is 2. The van der Waals surface area contributed by atoms with Crippen LogP contribution in [0.1, 0.15) is 17.3 Å². The first-order valence-electron chi connectivity index (χ1n) is 9.76. The van der Waals surface area contributed by atoms with Crippen LogP contribution in [0.3, 0.4) is 0 Å². The highest BCUT2D eigenvalue weighted by Gasteiger charge is 2.17. The maximum Gasteiger partial charge on any atom is 0.262 e. The molecule has 1 atom stereocenters. The van der Waals surface area contributed by atoms with E-state index in [1.807, 2.05) is 24.3 Å². The predicted molar refractivity (Wildman–Crippen MR) is 119 cm³/mol. The van der Waals surface area contributed by atoms with E-state index in [1.54, 1.807) is 67.6 Å². The van der Waals surface area contributed by atoms with Gasteiger partial charge in [0.2, 0.25) is 5.91 Å². The van der Waals surface area contributed by atoms with Crippen molar-refractivity contribution in [3.05, 3.63) is 90.5 Å². The molecule has 1 unspecified atom stereocenters. The number of hydrogen-bond donors (Lipinski definition) is 3. The number of rotatable bonds is 8. The Hall–Kier alpha value is -4.13. The first-order chi connectivity index (χ1) is 15.0. The van der Waals surface area contributed by atoms with Crippen molar-refractivity contribution in [2.45, 2.75) is 13.0 Å². The van der Waals surface area contributed by atoms with Crippen LogP contribution in [0.2, 0.25) is 0 Å².